The molecule has 0 saturated heterocycles. The van der Waals surface area contributed by atoms with Crippen LogP contribution in [0.4, 0.5) is 96.1 Å². The second-order valence-corrected chi connectivity index (χ2v) is 17.0. The van der Waals surface area contributed by atoms with E-state index in [2.05, 4.69) is 0 Å². The van der Waals surface area contributed by atoms with Crippen molar-refractivity contribution in [3.63, 3.8) is 0 Å². The van der Waals surface area contributed by atoms with Crippen LogP contribution in [0.2, 0.25) is 0 Å². The zero-order valence-electron chi connectivity index (χ0n) is 37.1. The quantitative estimate of drug-likeness (QED) is 0.159. The van der Waals surface area contributed by atoms with Gasteiger partial charge in [-0.1, -0.05) is 54.6 Å². The molecule has 2 nitrogen and oxygen atoms in total. The molecule has 20 heteroatoms. The second-order valence-electron chi connectivity index (χ2n) is 17.0. The minimum atomic E-state index is -6.01. The van der Waals surface area contributed by atoms with Crippen LogP contribution < -0.4 is 9.64 Å². The molecular weight excluding hydrogens is 997 g/mol. The van der Waals surface area contributed by atoms with Crippen molar-refractivity contribution in [2.75, 3.05) is 4.90 Å². The third kappa shape index (κ3) is 9.54. The smallest absolute Gasteiger partial charge is 0.417 e. The Labute approximate surface area is 396 Å². The summed E-state index contributed by atoms with van der Waals surface area (Å²) in [6.07, 6.45) is -35.3. The van der Waals surface area contributed by atoms with Crippen molar-refractivity contribution >= 4 is 17.1 Å². The minimum absolute atomic E-state index is 0.0271. The van der Waals surface area contributed by atoms with E-state index in [1.165, 1.54) is 52.0 Å². The molecule has 0 aliphatic carbocycles. The molecule has 72 heavy (non-hydrogen) atoms. The van der Waals surface area contributed by atoms with Crippen LogP contribution in [0.5, 0.6) is 11.5 Å². The number of para-hydroxylation sites is 1. The number of halogens is 18. The molecule has 7 aromatic rings. The van der Waals surface area contributed by atoms with E-state index < -0.39 is 81.6 Å². The van der Waals surface area contributed by atoms with Gasteiger partial charge in [-0.15, -0.1) is 0 Å². The summed E-state index contributed by atoms with van der Waals surface area (Å²) in [5.74, 6) is 0.451. The second kappa shape index (κ2) is 17.3. The largest absolute Gasteiger partial charge is 0.453 e. The van der Waals surface area contributed by atoms with Gasteiger partial charge >= 0.3 is 37.1 Å². The van der Waals surface area contributed by atoms with Crippen molar-refractivity contribution in [2.45, 2.75) is 64.8 Å². The van der Waals surface area contributed by atoms with Crippen LogP contribution in [0.15, 0.2) is 115 Å². The fourth-order valence-electron chi connectivity index (χ4n) is 9.27. The third-order valence-electron chi connectivity index (χ3n) is 12.0. The molecule has 0 aromatic heterocycles. The van der Waals surface area contributed by atoms with Gasteiger partial charge in [-0.2, -0.15) is 79.0 Å². The number of alkyl halides is 18. The highest BCUT2D eigenvalue weighted by molar-refractivity contribution is 5.91. The summed E-state index contributed by atoms with van der Waals surface area (Å²) in [7, 11) is 0. The molecule has 1 aliphatic rings. The molecule has 0 bridgehead atoms. The van der Waals surface area contributed by atoms with E-state index in [1.54, 1.807) is 66.7 Å². The predicted octanol–water partition coefficient (Wildman–Crippen LogP) is 19.3. The lowest BCUT2D eigenvalue weighted by Crippen LogP contribution is -2.23. The molecule has 0 fully saturated rings. The van der Waals surface area contributed by atoms with Gasteiger partial charge in [0.25, 0.3) is 0 Å². The first-order valence-corrected chi connectivity index (χ1v) is 21.0. The molecule has 0 N–H and O–H groups in total. The summed E-state index contributed by atoms with van der Waals surface area (Å²) >= 11 is 0. The maximum Gasteiger partial charge on any atom is 0.417 e. The Morgan fingerprint density at radius 3 is 0.889 bits per heavy atom. The topological polar surface area (TPSA) is 12.5 Å². The first-order valence-electron chi connectivity index (χ1n) is 21.0. The van der Waals surface area contributed by atoms with Crippen LogP contribution in [0.1, 0.15) is 55.6 Å². The normalized spacial score (nSPS) is 13.5. The maximum absolute atomic E-state index is 14.0. The van der Waals surface area contributed by atoms with Crippen molar-refractivity contribution in [3.05, 3.63) is 171 Å². The van der Waals surface area contributed by atoms with Gasteiger partial charge in [0.1, 0.15) is 0 Å². The predicted molar refractivity (Wildman–Crippen MR) is 232 cm³/mol. The van der Waals surface area contributed by atoms with Crippen LogP contribution in [0.25, 0.3) is 44.5 Å². The number of hydrogen-bond donors (Lipinski definition) is 0. The molecule has 1 heterocycles. The number of benzene rings is 7. The fourth-order valence-corrected chi connectivity index (χ4v) is 9.27. The van der Waals surface area contributed by atoms with Gasteiger partial charge in [0.2, 0.25) is 0 Å². The van der Waals surface area contributed by atoms with Gasteiger partial charge in [-0.05, 0) is 155 Å². The number of fused-ring (bicyclic) bond motifs is 2. The van der Waals surface area contributed by atoms with Crippen LogP contribution in [0.3, 0.4) is 0 Å². The lowest BCUT2D eigenvalue weighted by Gasteiger charge is -2.33. The fraction of sp³-hybridized carbons (Fsp3) is 0.192. The SMILES string of the molecule is Cc1cc(-c2cc(C(F)(F)F)c(C(F)(F)F)c(C(F)(F)F)c2)cc(C)c1-c1ccc2c(c1)Oc1cc(-c3c(C)cc(-c4cc(C(F)(F)F)c(C(F)(F)F)c(C(F)(F)F)c4)cc3C)ccc1N2c1ccccc1. The molecule has 0 unspecified atom stereocenters. The zero-order valence-corrected chi connectivity index (χ0v) is 37.1. The van der Waals surface area contributed by atoms with Crippen molar-refractivity contribution in [1.29, 1.82) is 0 Å². The van der Waals surface area contributed by atoms with E-state index >= 15 is 0 Å². The van der Waals surface area contributed by atoms with Gasteiger partial charge < -0.3 is 9.64 Å². The van der Waals surface area contributed by atoms with E-state index in [4.69, 9.17) is 4.74 Å². The van der Waals surface area contributed by atoms with E-state index in [1.807, 2.05) is 4.90 Å². The Bertz CT molecular complexity index is 2970. The van der Waals surface area contributed by atoms with Gasteiger partial charge in [0, 0.05) is 5.69 Å². The molecular formula is C52H31F18NO. The molecule has 1 aliphatic heterocycles. The van der Waals surface area contributed by atoms with Crippen LogP contribution in [0, 0.1) is 27.7 Å². The highest BCUT2D eigenvalue weighted by Crippen LogP contribution is 2.55. The average Bonchev–Trinajstić information content (AvgIpc) is 3.25. The molecule has 7 aromatic carbocycles. The van der Waals surface area contributed by atoms with Gasteiger partial charge in [0.05, 0.1) is 44.8 Å². The lowest BCUT2D eigenvalue weighted by molar-refractivity contribution is -0.174. The monoisotopic (exact) mass is 1030 g/mol. The maximum atomic E-state index is 14.0. The number of hydrogen-bond acceptors (Lipinski definition) is 2. The van der Waals surface area contributed by atoms with Crippen LogP contribution in [-0.2, 0) is 37.1 Å². The Morgan fingerprint density at radius 2 is 0.611 bits per heavy atom. The standard InChI is InChI=1S/C52H31F18NO/c1-24-14-30(32-18-35(47(53,54)55)45(51(65,66)67)36(19-32)48(56,57)58)15-25(2)43(24)28-10-12-39-41(22-28)72-42-23-29(11-13-40(42)71(39)34-8-6-5-7-9-34)44-26(3)16-31(17-27(44)4)33-20-37(49(59,60)61)46(52(68,69)70)38(21-33)50(62,63)64/h5-23H,1-4H3. The van der Waals surface area contributed by atoms with Crippen molar-refractivity contribution < 1.29 is 83.8 Å². The summed E-state index contributed by atoms with van der Waals surface area (Å²) in [5, 5.41) is 0. The Morgan fingerprint density at radius 1 is 0.319 bits per heavy atom. The molecule has 0 radical (unpaired) electrons. The summed E-state index contributed by atoms with van der Waals surface area (Å²) in [6, 6.07) is 23.8. The summed E-state index contributed by atoms with van der Waals surface area (Å²) in [4.78, 5) is 1.83. The number of aryl methyl sites for hydroxylation is 4. The summed E-state index contributed by atoms with van der Waals surface area (Å²) < 4.78 is 258. The molecule has 8 rings (SSSR count). The first kappa shape index (κ1) is 51.2. The van der Waals surface area contributed by atoms with Crippen molar-refractivity contribution in [3.8, 4) is 56.0 Å². The van der Waals surface area contributed by atoms with Crippen LogP contribution in [-0.4, -0.2) is 0 Å². The lowest BCUT2D eigenvalue weighted by atomic mass is 9.88. The van der Waals surface area contributed by atoms with Crippen LogP contribution >= 0.6 is 0 Å². The van der Waals surface area contributed by atoms with E-state index in [9.17, 15) is 79.0 Å². The molecule has 0 spiro atoms. The molecule has 0 atom stereocenters. The van der Waals surface area contributed by atoms with Gasteiger partial charge in [-0.3, -0.25) is 0 Å². The number of rotatable bonds is 5. The highest BCUT2D eigenvalue weighted by atomic mass is 19.4. The van der Waals surface area contributed by atoms with Gasteiger partial charge in [-0.25, -0.2) is 0 Å². The summed E-state index contributed by atoms with van der Waals surface area (Å²) in [5.41, 5.74) is -13.2. The highest BCUT2D eigenvalue weighted by Gasteiger charge is 2.52. The molecule has 376 valence electrons. The zero-order chi connectivity index (χ0) is 53.0. The Balaban J connectivity index is 1.22. The Kier molecular flexibility index (Phi) is 12.3. The first-order chi connectivity index (χ1) is 33.1. The summed E-state index contributed by atoms with van der Waals surface area (Å²) in [6.45, 7) is 6.01. The van der Waals surface area contributed by atoms with E-state index in [0.717, 1.165) is 0 Å². The van der Waals surface area contributed by atoms with Crippen molar-refractivity contribution in [1.82, 2.24) is 0 Å². The van der Waals surface area contributed by atoms with E-state index in [0.29, 0.717) is 61.6 Å². The third-order valence-corrected chi connectivity index (χ3v) is 12.0. The number of nitrogens with zero attached hydrogens (tertiary/aromatic N) is 1. The number of ether oxygens (including phenoxy) is 1. The molecule has 0 amide bonds. The van der Waals surface area contributed by atoms with E-state index in [-0.39, 0.29) is 46.9 Å². The van der Waals surface area contributed by atoms with Gasteiger partial charge in [0.15, 0.2) is 11.5 Å². The Hall–Kier alpha value is -7.12. The minimum Gasteiger partial charge on any atom is -0.453 e. The van der Waals surface area contributed by atoms with Crippen molar-refractivity contribution in [2.24, 2.45) is 0 Å². The number of anilines is 3. The molecule has 0 saturated carbocycles. The average molecular weight is 1030 g/mol.